The van der Waals surface area contributed by atoms with Crippen LogP contribution in [0.25, 0.3) is 0 Å². The van der Waals surface area contributed by atoms with Crippen molar-refractivity contribution in [1.82, 2.24) is 0 Å². The van der Waals surface area contributed by atoms with Gasteiger partial charge in [0.25, 0.3) is 0 Å². The van der Waals surface area contributed by atoms with Crippen LogP contribution in [0.5, 0.6) is 0 Å². The van der Waals surface area contributed by atoms with Crippen LogP contribution >= 0.6 is 0 Å². The molecule has 1 saturated carbocycles. The molecule has 3 atom stereocenters. The van der Waals surface area contributed by atoms with Crippen LogP contribution in [-0.2, 0) is 9.59 Å². The van der Waals surface area contributed by atoms with Gasteiger partial charge >= 0.3 is 51.4 Å². The van der Waals surface area contributed by atoms with Crippen LogP contribution in [-0.4, -0.2) is 44.9 Å². The summed E-state index contributed by atoms with van der Waals surface area (Å²) in [5, 5.41) is 37.6. The Labute approximate surface area is 122 Å². The molecule has 0 spiro atoms. The number of carbonyl (C=O) groups is 2. The van der Waals surface area contributed by atoms with E-state index in [1.165, 1.54) is 0 Å². The Morgan fingerprint density at radius 3 is 2.36 bits per heavy atom. The van der Waals surface area contributed by atoms with Crippen LogP contribution in [0.2, 0.25) is 0 Å². The van der Waals surface area contributed by atoms with Crippen LogP contribution < -0.4 is 56.5 Å². The first-order valence-electron chi connectivity index (χ1n) is 3.69. The number of aliphatic hydroxyl groups excluding tert-OH is 2. The molecule has 0 unspecified atom stereocenters. The summed E-state index contributed by atoms with van der Waals surface area (Å²) < 4.78 is 0. The smallest absolute Gasteiger partial charge is 0.547 e. The monoisotopic (exact) mass is 228 g/mol. The molecular formula is C7H9KO6. The maximum atomic E-state index is 10.9. The van der Waals surface area contributed by atoms with Crippen LogP contribution in [0.4, 0.5) is 0 Å². The van der Waals surface area contributed by atoms with E-state index in [2.05, 4.69) is 0 Å². The molecule has 1 aliphatic carbocycles. The minimum absolute atomic E-state index is 0. The van der Waals surface area contributed by atoms with Crippen molar-refractivity contribution in [1.29, 1.82) is 0 Å². The Morgan fingerprint density at radius 2 is 2.00 bits per heavy atom. The molecule has 74 valence electrons. The van der Waals surface area contributed by atoms with Gasteiger partial charge in [0.05, 0.1) is 12.1 Å². The van der Waals surface area contributed by atoms with Gasteiger partial charge in [0.15, 0.2) is 5.78 Å². The average molecular weight is 228 g/mol. The Bertz CT molecular complexity index is 255. The van der Waals surface area contributed by atoms with E-state index in [9.17, 15) is 19.8 Å². The zero-order valence-electron chi connectivity index (χ0n) is 7.64. The van der Waals surface area contributed by atoms with E-state index in [0.717, 1.165) is 0 Å². The molecule has 0 saturated heterocycles. The van der Waals surface area contributed by atoms with Crippen molar-refractivity contribution in [3.05, 3.63) is 0 Å². The average Bonchev–Trinajstić information content (AvgIpc) is 2.00. The topological polar surface area (TPSA) is 118 Å². The fourth-order valence-corrected chi connectivity index (χ4v) is 1.29. The summed E-state index contributed by atoms with van der Waals surface area (Å²) in [6.07, 6.45) is -4.49. The number of hydrogen-bond donors (Lipinski definition) is 3. The minimum Gasteiger partial charge on any atom is -0.547 e. The van der Waals surface area contributed by atoms with Crippen molar-refractivity contribution in [2.75, 3.05) is 0 Å². The van der Waals surface area contributed by atoms with Crippen LogP contribution in [0.1, 0.15) is 12.8 Å². The fourth-order valence-electron chi connectivity index (χ4n) is 1.29. The summed E-state index contributed by atoms with van der Waals surface area (Å²) in [4.78, 5) is 21.2. The Kier molecular flexibility index (Phi) is 5.37. The first-order chi connectivity index (χ1) is 5.87. The Morgan fingerprint density at radius 1 is 1.50 bits per heavy atom. The van der Waals surface area contributed by atoms with Crippen LogP contribution in [0.15, 0.2) is 0 Å². The van der Waals surface area contributed by atoms with E-state index in [-0.39, 0.29) is 51.4 Å². The molecule has 1 aliphatic rings. The molecule has 1 fully saturated rings. The Balaban J connectivity index is 0.00000169. The second kappa shape index (κ2) is 5.13. The van der Waals surface area contributed by atoms with Crippen molar-refractivity contribution < 1.29 is 81.4 Å². The van der Waals surface area contributed by atoms with Crippen molar-refractivity contribution in [2.24, 2.45) is 0 Å². The third-order valence-corrected chi connectivity index (χ3v) is 2.09. The summed E-state index contributed by atoms with van der Waals surface area (Å²) in [6, 6.07) is 0. The summed E-state index contributed by atoms with van der Waals surface area (Å²) >= 11 is 0. The standard InChI is InChI=1S/C7H10O6.K/c8-3-1-7(13,6(11)12)2-4(9)5(3)10;/h3,5,8,10,13H,1-2H2,(H,11,12);/q;+1/p-1/t3-,5+,7-;/m1./s1. The summed E-state index contributed by atoms with van der Waals surface area (Å²) in [5.74, 6) is -2.71. The molecule has 0 aromatic heterocycles. The van der Waals surface area contributed by atoms with Gasteiger partial charge in [-0.25, -0.2) is 0 Å². The molecule has 6 nitrogen and oxygen atoms in total. The number of rotatable bonds is 1. The summed E-state index contributed by atoms with van der Waals surface area (Å²) in [5.41, 5.74) is -2.35. The van der Waals surface area contributed by atoms with E-state index in [4.69, 9.17) is 10.2 Å². The zero-order valence-corrected chi connectivity index (χ0v) is 10.8. The largest absolute Gasteiger partial charge is 1.00 e. The van der Waals surface area contributed by atoms with E-state index < -0.39 is 42.4 Å². The quantitative estimate of drug-likeness (QED) is 0.384. The van der Waals surface area contributed by atoms with E-state index in [1.807, 2.05) is 0 Å². The number of hydrogen-bond acceptors (Lipinski definition) is 6. The van der Waals surface area contributed by atoms with Gasteiger partial charge in [-0.2, -0.15) is 0 Å². The number of Topliss-reactive ketones (excluding diaryl/α,β-unsaturated/α-hetero) is 1. The third-order valence-electron chi connectivity index (χ3n) is 2.09. The molecule has 7 heteroatoms. The van der Waals surface area contributed by atoms with Gasteiger partial charge in [0.2, 0.25) is 0 Å². The number of carboxylic acids is 1. The third kappa shape index (κ3) is 2.83. The molecule has 0 heterocycles. The normalized spacial score (nSPS) is 37.5. The van der Waals surface area contributed by atoms with Gasteiger partial charge in [-0.3, -0.25) is 4.79 Å². The van der Waals surface area contributed by atoms with E-state index in [0.29, 0.717) is 0 Å². The van der Waals surface area contributed by atoms with Gasteiger partial charge < -0.3 is 25.2 Å². The molecule has 0 amide bonds. The zero-order chi connectivity index (χ0) is 10.2. The number of ketones is 1. The maximum absolute atomic E-state index is 10.9. The molecule has 1 rings (SSSR count). The number of carbonyl (C=O) groups excluding carboxylic acids is 2. The first kappa shape index (κ1) is 14.7. The molecular weight excluding hydrogens is 219 g/mol. The van der Waals surface area contributed by atoms with Gasteiger partial charge in [0.1, 0.15) is 11.7 Å². The number of aliphatic hydroxyl groups is 3. The van der Waals surface area contributed by atoms with Crippen LogP contribution in [0, 0.1) is 0 Å². The molecule has 0 aromatic carbocycles. The van der Waals surface area contributed by atoms with Gasteiger partial charge in [-0.15, -0.1) is 0 Å². The van der Waals surface area contributed by atoms with Crippen molar-refractivity contribution in [3.8, 4) is 0 Å². The first-order valence-corrected chi connectivity index (χ1v) is 3.69. The van der Waals surface area contributed by atoms with E-state index >= 15 is 0 Å². The van der Waals surface area contributed by atoms with Gasteiger partial charge in [-0.05, 0) is 0 Å². The number of carboxylic acid groups (broad SMARTS) is 1. The minimum atomic E-state index is -2.35. The van der Waals surface area contributed by atoms with Crippen LogP contribution in [0.3, 0.4) is 0 Å². The SMILES string of the molecule is O=C1C[C@@](O)(C(=O)[O-])C[C@@H](O)[C@@H]1O.[K+]. The van der Waals surface area contributed by atoms with Gasteiger partial charge in [0, 0.05) is 12.8 Å². The molecule has 0 bridgehead atoms. The van der Waals surface area contributed by atoms with E-state index in [1.54, 1.807) is 0 Å². The molecule has 14 heavy (non-hydrogen) atoms. The van der Waals surface area contributed by atoms with Crippen molar-refractivity contribution in [2.45, 2.75) is 30.7 Å². The molecule has 3 N–H and O–H groups in total. The van der Waals surface area contributed by atoms with Gasteiger partial charge in [-0.1, -0.05) is 0 Å². The number of aliphatic carboxylic acids is 1. The second-order valence-electron chi connectivity index (χ2n) is 3.18. The molecule has 0 aliphatic heterocycles. The van der Waals surface area contributed by atoms with Crippen molar-refractivity contribution >= 4 is 11.8 Å². The summed E-state index contributed by atoms with van der Waals surface area (Å²) in [6.45, 7) is 0. The molecule has 0 radical (unpaired) electrons. The Hall–Kier alpha value is 0.656. The predicted molar refractivity (Wildman–Crippen MR) is 36.2 cm³/mol. The summed E-state index contributed by atoms with van der Waals surface area (Å²) in [7, 11) is 0. The van der Waals surface area contributed by atoms with Crippen molar-refractivity contribution in [3.63, 3.8) is 0 Å². The molecule has 0 aromatic rings. The predicted octanol–water partition coefficient (Wildman–Crippen LogP) is -6.44. The maximum Gasteiger partial charge on any atom is 1.00 e. The second-order valence-corrected chi connectivity index (χ2v) is 3.18. The fraction of sp³-hybridized carbons (Fsp3) is 0.714.